The molecular weight excluding hydrogens is 216 g/mol. The van der Waals surface area contributed by atoms with Crippen LogP contribution in [0.25, 0.3) is 0 Å². The molecule has 0 N–H and O–H groups in total. The van der Waals surface area contributed by atoms with Crippen LogP contribution in [0.3, 0.4) is 0 Å². The van der Waals surface area contributed by atoms with E-state index in [1.165, 1.54) is 25.5 Å². The molecule has 0 saturated heterocycles. The minimum atomic E-state index is -0.857. The van der Waals surface area contributed by atoms with Gasteiger partial charge in [0.05, 0.1) is 18.7 Å². The summed E-state index contributed by atoms with van der Waals surface area (Å²) in [4.78, 5) is 15.8. The maximum Gasteiger partial charge on any atom is 0.328 e. The van der Waals surface area contributed by atoms with E-state index in [2.05, 4.69) is 11.9 Å². The van der Waals surface area contributed by atoms with Crippen LogP contribution in [0.5, 0.6) is 0 Å². The van der Waals surface area contributed by atoms with E-state index in [-0.39, 0.29) is 6.04 Å². The topological polar surface area (TPSA) is 62.5 Å². The Hall–Kier alpha value is -1.37. The number of hydrogen-bond acceptors (Lipinski definition) is 4. The fourth-order valence-electron chi connectivity index (χ4n) is 2.09. The highest BCUT2D eigenvalue weighted by atomic mass is 16.5. The van der Waals surface area contributed by atoms with Crippen LogP contribution in [-0.4, -0.2) is 24.8 Å². The number of carbonyl (C=O) groups excluding carboxylic acids is 1. The summed E-state index contributed by atoms with van der Waals surface area (Å²) in [5.74, 6) is -0.812. The molecule has 0 aromatic rings. The summed E-state index contributed by atoms with van der Waals surface area (Å²) >= 11 is 0. The lowest BCUT2D eigenvalue weighted by molar-refractivity contribution is -0.143. The second-order valence-electron chi connectivity index (χ2n) is 4.49. The summed E-state index contributed by atoms with van der Waals surface area (Å²) in [5, 5.41) is 8.88. The molecule has 4 heteroatoms. The van der Waals surface area contributed by atoms with Gasteiger partial charge in [-0.1, -0.05) is 19.8 Å². The van der Waals surface area contributed by atoms with E-state index in [9.17, 15) is 4.79 Å². The minimum Gasteiger partial charge on any atom is -0.465 e. The highest BCUT2D eigenvalue weighted by Gasteiger charge is 2.22. The average molecular weight is 236 g/mol. The molecule has 0 bridgehead atoms. The van der Waals surface area contributed by atoms with Crippen LogP contribution in [0.15, 0.2) is 4.99 Å². The first-order valence-electron chi connectivity index (χ1n) is 6.28. The standard InChI is InChI=1S/C13H20N2O2/c1-3-17-13(16)11(8-14)9-15-12-7-5-4-6-10(12)2/h9-12H,3-7H2,1-2H3/t10-,11-,12-/m0/s1. The molecule has 0 aromatic heterocycles. The Morgan fingerprint density at radius 2 is 2.29 bits per heavy atom. The Bertz CT molecular complexity index is 320. The maximum atomic E-state index is 11.4. The van der Waals surface area contributed by atoms with Gasteiger partial charge in [-0.15, -0.1) is 0 Å². The number of aliphatic imine (C=N–C) groups is 1. The molecule has 1 aliphatic rings. The zero-order chi connectivity index (χ0) is 12.7. The molecule has 0 unspecified atom stereocenters. The van der Waals surface area contributed by atoms with E-state index < -0.39 is 11.9 Å². The van der Waals surface area contributed by atoms with E-state index >= 15 is 0 Å². The molecule has 94 valence electrons. The molecule has 0 amide bonds. The van der Waals surface area contributed by atoms with Gasteiger partial charge in [0.25, 0.3) is 0 Å². The summed E-state index contributed by atoms with van der Waals surface area (Å²) in [6.45, 7) is 4.20. The summed E-state index contributed by atoms with van der Waals surface area (Å²) in [5.41, 5.74) is 0. The van der Waals surface area contributed by atoms with Crippen molar-refractivity contribution in [1.82, 2.24) is 0 Å². The predicted octanol–water partition coefficient (Wildman–Crippen LogP) is 2.34. The van der Waals surface area contributed by atoms with E-state index in [0.29, 0.717) is 12.5 Å². The zero-order valence-corrected chi connectivity index (χ0v) is 10.6. The smallest absolute Gasteiger partial charge is 0.328 e. The third-order valence-electron chi connectivity index (χ3n) is 3.17. The summed E-state index contributed by atoms with van der Waals surface area (Å²) in [7, 11) is 0. The normalized spacial score (nSPS) is 26.4. The Morgan fingerprint density at radius 1 is 1.59 bits per heavy atom. The van der Waals surface area contributed by atoms with Gasteiger partial charge in [-0.2, -0.15) is 5.26 Å². The molecule has 1 aliphatic carbocycles. The zero-order valence-electron chi connectivity index (χ0n) is 10.6. The van der Waals surface area contributed by atoms with Crippen LogP contribution in [-0.2, 0) is 9.53 Å². The van der Waals surface area contributed by atoms with Crippen molar-refractivity contribution in [3.05, 3.63) is 0 Å². The SMILES string of the molecule is CCOC(=O)[C@@H](C#N)C=N[C@H]1CCCC[C@@H]1C. The third kappa shape index (κ3) is 4.18. The number of nitriles is 1. The number of nitrogens with zero attached hydrogens (tertiary/aromatic N) is 2. The van der Waals surface area contributed by atoms with Crippen molar-refractivity contribution >= 4 is 12.2 Å². The Balaban J connectivity index is 2.55. The molecule has 1 saturated carbocycles. The summed E-state index contributed by atoms with van der Waals surface area (Å²) < 4.78 is 4.81. The molecule has 1 rings (SSSR count). The van der Waals surface area contributed by atoms with Gasteiger partial charge in [-0.3, -0.25) is 9.79 Å². The first-order chi connectivity index (χ1) is 8.19. The van der Waals surface area contributed by atoms with Gasteiger partial charge < -0.3 is 4.74 Å². The molecule has 0 spiro atoms. The highest BCUT2D eigenvalue weighted by Crippen LogP contribution is 2.26. The van der Waals surface area contributed by atoms with Gasteiger partial charge in [0.1, 0.15) is 0 Å². The lowest BCUT2D eigenvalue weighted by Crippen LogP contribution is -2.23. The quantitative estimate of drug-likeness (QED) is 0.556. The lowest BCUT2D eigenvalue weighted by atomic mass is 9.86. The predicted molar refractivity (Wildman–Crippen MR) is 65.6 cm³/mol. The van der Waals surface area contributed by atoms with Crippen molar-refractivity contribution in [3.63, 3.8) is 0 Å². The molecule has 4 nitrogen and oxygen atoms in total. The maximum absolute atomic E-state index is 11.4. The van der Waals surface area contributed by atoms with Crippen molar-refractivity contribution < 1.29 is 9.53 Å². The van der Waals surface area contributed by atoms with Gasteiger partial charge in [-0.05, 0) is 25.7 Å². The van der Waals surface area contributed by atoms with Gasteiger partial charge in [0.15, 0.2) is 5.92 Å². The van der Waals surface area contributed by atoms with Crippen LogP contribution in [0, 0.1) is 23.2 Å². The van der Waals surface area contributed by atoms with E-state index in [4.69, 9.17) is 10.00 Å². The molecule has 17 heavy (non-hydrogen) atoms. The second-order valence-corrected chi connectivity index (χ2v) is 4.49. The Labute approximate surface area is 103 Å². The van der Waals surface area contributed by atoms with E-state index in [1.54, 1.807) is 6.92 Å². The lowest BCUT2D eigenvalue weighted by Gasteiger charge is -2.25. The number of rotatable bonds is 4. The molecule has 3 atom stereocenters. The number of ether oxygens (including phenoxy) is 1. The van der Waals surface area contributed by atoms with Crippen LogP contribution in [0.1, 0.15) is 39.5 Å². The molecular formula is C13H20N2O2. The van der Waals surface area contributed by atoms with Gasteiger partial charge in [-0.25, -0.2) is 0 Å². The van der Waals surface area contributed by atoms with Crippen LogP contribution in [0.2, 0.25) is 0 Å². The highest BCUT2D eigenvalue weighted by molar-refractivity contribution is 5.92. The van der Waals surface area contributed by atoms with Crippen molar-refractivity contribution in [2.45, 2.75) is 45.6 Å². The largest absolute Gasteiger partial charge is 0.465 e. The third-order valence-corrected chi connectivity index (χ3v) is 3.17. The van der Waals surface area contributed by atoms with E-state index in [1.807, 2.05) is 6.07 Å². The van der Waals surface area contributed by atoms with Gasteiger partial charge >= 0.3 is 5.97 Å². The van der Waals surface area contributed by atoms with Crippen molar-refractivity contribution in [2.75, 3.05) is 6.61 Å². The minimum absolute atomic E-state index is 0.258. The Morgan fingerprint density at radius 3 is 2.88 bits per heavy atom. The molecule has 0 radical (unpaired) electrons. The van der Waals surface area contributed by atoms with Gasteiger partial charge in [0, 0.05) is 6.21 Å². The second kappa shape index (κ2) is 7.05. The van der Waals surface area contributed by atoms with E-state index in [0.717, 1.165) is 6.42 Å². The number of hydrogen-bond donors (Lipinski definition) is 0. The van der Waals surface area contributed by atoms with Crippen molar-refractivity contribution in [3.8, 4) is 6.07 Å². The Kier molecular flexibility index (Phi) is 5.68. The fraction of sp³-hybridized carbons (Fsp3) is 0.769. The van der Waals surface area contributed by atoms with Crippen LogP contribution < -0.4 is 0 Å². The van der Waals surface area contributed by atoms with Crippen molar-refractivity contribution in [2.24, 2.45) is 16.8 Å². The van der Waals surface area contributed by atoms with Gasteiger partial charge in [0.2, 0.25) is 0 Å². The number of carbonyl (C=O) groups is 1. The first kappa shape index (κ1) is 13.7. The molecule has 0 aliphatic heterocycles. The number of esters is 1. The fourth-order valence-corrected chi connectivity index (χ4v) is 2.09. The molecule has 0 aromatic carbocycles. The van der Waals surface area contributed by atoms with Crippen LogP contribution in [0.4, 0.5) is 0 Å². The molecule has 1 fully saturated rings. The monoisotopic (exact) mass is 236 g/mol. The van der Waals surface area contributed by atoms with Crippen molar-refractivity contribution in [1.29, 1.82) is 5.26 Å². The summed E-state index contributed by atoms with van der Waals surface area (Å²) in [6, 6.07) is 2.18. The average Bonchev–Trinajstić information content (AvgIpc) is 2.32. The van der Waals surface area contributed by atoms with Crippen LogP contribution >= 0.6 is 0 Å². The summed E-state index contributed by atoms with van der Waals surface area (Å²) in [6.07, 6.45) is 6.14. The first-order valence-corrected chi connectivity index (χ1v) is 6.28. The molecule has 0 heterocycles.